The molecule has 0 spiro atoms. The Labute approximate surface area is 124 Å². The van der Waals surface area contributed by atoms with E-state index in [2.05, 4.69) is 72.2 Å². The Hall–Kier alpha value is 0.1000. The van der Waals surface area contributed by atoms with Gasteiger partial charge in [-0.05, 0) is 56.6 Å². The van der Waals surface area contributed by atoms with Gasteiger partial charge in [-0.3, -0.25) is 4.90 Å². The number of nitrogens with one attached hydrogen (secondary N) is 1. The van der Waals surface area contributed by atoms with E-state index in [0.29, 0.717) is 18.1 Å². The van der Waals surface area contributed by atoms with Gasteiger partial charge in [0.25, 0.3) is 0 Å². The van der Waals surface area contributed by atoms with Gasteiger partial charge < -0.3 is 5.32 Å². The Balaban J connectivity index is 2.37. The summed E-state index contributed by atoms with van der Waals surface area (Å²) in [7, 11) is 0. The molecule has 0 amide bonds. The van der Waals surface area contributed by atoms with Gasteiger partial charge in [-0.25, -0.2) is 0 Å². The number of hydrogen-bond donors (Lipinski definition) is 1. The maximum Gasteiger partial charge on any atom is 0.0386 e. The van der Waals surface area contributed by atoms with Gasteiger partial charge in [-0.2, -0.15) is 0 Å². The molecule has 0 aromatic carbocycles. The third kappa shape index (κ3) is 5.00. The van der Waals surface area contributed by atoms with Crippen LogP contribution < -0.4 is 5.32 Å². The quantitative estimate of drug-likeness (QED) is 0.801. The summed E-state index contributed by atoms with van der Waals surface area (Å²) in [5.74, 6) is 0. The largest absolute Gasteiger partial charge is 0.308 e. The van der Waals surface area contributed by atoms with E-state index >= 15 is 0 Å². The van der Waals surface area contributed by atoms with Gasteiger partial charge in [-0.15, -0.1) is 11.3 Å². The molecular weight excluding hydrogens is 308 g/mol. The van der Waals surface area contributed by atoms with Crippen molar-refractivity contribution in [2.75, 3.05) is 13.1 Å². The van der Waals surface area contributed by atoms with Crippen LogP contribution in [-0.2, 0) is 0 Å². The first-order valence-electron chi connectivity index (χ1n) is 6.65. The fourth-order valence-corrected chi connectivity index (χ4v) is 3.66. The fourth-order valence-electron chi connectivity index (χ4n) is 2.18. The molecule has 0 saturated heterocycles. The standard InChI is InChI=1S/C14H25BrN2S/c1-10(2)17(11(3)4)7-6-16-12(5)14-8-13(15)9-18-14/h8-12,16H,6-7H2,1-5H3. The Kier molecular flexibility index (Phi) is 6.85. The molecule has 1 atom stereocenters. The Morgan fingerprint density at radius 3 is 2.28 bits per heavy atom. The zero-order valence-corrected chi connectivity index (χ0v) is 14.4. The van der Waals surface area contributed by atoms with Gasteiger partial charge in [0.15, 0.2) is 0 Å². The van der Waals surface area contributed by atoms with Crippen LogP contribution in [0.2, 0.25) is 0 Å². The first kappa shape index (κ1) is 16.2. The van der Waals surface area contributed by atoms with E-state index < -0.39 is 0 Å². The number of hydrogen-bond acceptors (Lipinski definition) is 3. The van der Waals surface area contributed by atoms with Crippen LogP contribution >= 0.6 is 27.3 Å². The predicted octanol–water partition coefficient (Wildman–Crippen LogP) is 4.28. The third-order valence-corrected chi connectivity index (χ3v) is 5.04. The summed E-state index contributed by atoms with van der Waals surface area (Å²) in [6.45, 7) is 13.4. The number of rotatable bonds is 7. The molecule has 0 aliphatic carbocycles. The molecule has 1 unspecified atom stereocenters. The van der Waals surface area contributed by atoms with Crippen LogP contribution in [0, 0.1) is 0 Å². The van der Waals surface area contributed by atoms with E-state index in [1.165, 1.54) is 9.35 Å². The summed E-state index contributed by atoms with van der Waals surface area (Å²) in [6.07, 6.45) is 0. The molecule has 1 aromatic heterocycles. The lowest BCUT2D eigenvalue weighted by atomic mass is 10.2. The average Bonchev–Trinajstić information content (AvgIpc) is 2.69. The molecule has 0 saturated carbocycles. The minimum absolute atomic E-state index is 0.433. The van der Waals surface area contributed by atoms with Crippen molar-refractivity contribution < 1.29 is 0 Å². The SMILES string of the molecule is CC(NCCN(C(C)C)C(C)C)c1cc(Br)cs1. The highest BCUT2D eigenvalue weighted by molar-refractivity contribution is 9.10. The minimum atomic E-state index is 0.433. The van der Waals surface area contributed by atoms with Crippen LogP contribution in [-0.4, -0.2) is 30.1 Å². The summed E-state index contributed by atoms with van der Waals surface area (Å²) in [5, 5.41) is 5.74. The second-order valence-corrected chi connectivity index (χ2v) is 7.13. The maximum absolute atomic E-state index is 3.60. The summed E-state index contributed by atoms with van der Waals surface area (Å²) in [5.41, 5.74) is 0. The van der Waals surface area contributed by atoms with E-state index in [0.717, 1.165) is 13.1 Å². The molecule has 2 nitrogen and oxygen atoms in total. The predicted molar refractivity (Wildman–Crippen MR) is 85.4 cm³/mol. The van der Waals surface area contributed by atoms with Crippen LogP contribution in [0.25, 0.3) is 0 Å². The second-order valence-electron chi connectivity index (χ2n) is 5.27. The smallest absolute Gasteiger partial charge is 0.0386 e. The highest BCUT2D eigenvalue weighted by atomic mass is 79.9. The zero-order chi connectivity index (χ0) is 13.7. The second kappa shape index (κ2) is 7.63. The van der Waals surface area contributed by atoms with Crippen molar-refractivity contribution in [2.24, 2.45) is 0 Å². The normalized spacial score (nSPS) is 13.8. The summed E-state index contributed by atoms with van der Waals surface area (Å²) < 4.78 is 1.18. The Morgan fingerprint density at radius 1 is 1.22 bits per heavy atom. The van der Waals surface area contributed by atoms with E-state index in [1.807, 2.05) is 0 Å². The van der Waals surface area contributed by atoms with Gasteiger partial charge in [0.05, 0.1) is 0 Å². The van der Waals surface area contributed by atoms with Crippen molar-refractivity contribution in [2.45, 2.75) is 52.7 Å². The molecule has 1 N–H and O–H groups in total. The molecule has 1 aromatic rings. The first-order chi connectivity index (χ1) is 8.41. The van der Waals surface area contributed by atoms with E-state index in [1.54, 1.807) is 11.3 Å². The topological polar surface area (TPSA) is 15.3 Å². The molecule has 0 aliphatic rings. The fraction of sp³-hybridized carbons (Fsp3) is 0.714. The van der Waals surface area contributed by atoms with Crippen molar-refractivity contribution in [3.8, 4) is 0 Å². The van der Waals surface area contributed by atoms with Crippen LogP contribution in [0.4, 0.5) is 0 Å². The minimum Gasteiger partial charge on any atom is -0.308 e. The van der Waals surface area contributed by atoms with Crippen LogP contribution in [0.1, 0.15) is 45.5 Å². The third-order valence-electron chi connectivity index (χ3n) is 3.16. The number of nitrogens with zero attached hydrogens (tertiary/aromatic N) is 1. The van der Waals surface area contributed by atoms with Crippen molar-refractivity contribution >= 4 is 27.3 Å². The lowest BCUT2D eigenvalue weighted by molar-refractivity contribution is 0.174. The molecule has 104 valence electrons. The van der Waals surface area contributed by atoms with Crippen molar-refractivity contribution in [1.29, 1.82) is 0 Å². The van der Waals surface area contributed by atoms with Gasteiger partial charge >= 0.3 is 0 Å². The molecule has 0 fully saturated rings. The van der Waals surface area contributed by atoms with Gasteiger partial charge in [-0.1, -0.05) is 0 Å². The van der Waals surface area contributed by atoms with Gasteiger partial charge in [0.2, 0.25) is 0 Å². The molecule has 1 rings (SSSR count). The van der Waals surface area contributed by atoms with Crippen molar-refractivity contribution in [3.63, 3.8) is 0 Å². The lowest BCUT2D eigenvalue weighted by Crippen LogP contribution is -2.41. The average molecular weight is 333 g/mol. The van der Waals surface area contributed by atoms with E-state index in [4.69, 9.17) is 0 Å². The molecule has 0 bridgehead atoms. The summed E-state index contributed by atoms with van der Waals surface area (Å²) in [6, 6.07) is 3.85. The van der Waals surface area contributed by atoms with Crippen molar-refractivity contribution in [1.82, 2.24) is 10.2 Å². The highest BCUT2D eigenvalue weighted by Gasteiger charge is 2.13. The molecular formula is C14H25BrN2S. The van der Waals surface area contributed by atoms with Crippen LogP contribution in [0.3, 0.4) is 0 Å². The number of halogens is 1. The molecule has 4 heteroatoms. The molecule has 0 aliphatic heterocycles. The summed E-state index contributed by atoms with van der Waals surface area (Å²) >= 11 is 5.31. The molecule has 18 heavy (non-hydrogen) atoms. The lowest BCUT2D eigenvalue weighted by Gasteiger charge is -2.31. The van der Waals surface area contributed by atoms with Gasteiger partial charge in [0.1, 0.15) is 0 Å². The van der Waals surface area contributed by atoms with Gasteiger partial charge in [0, 0.05) is 45.9 Å². The highest BCUT2D eigenvalue weighted by Crippen LogP contribution is 2.25. The summed E-state index contributed by atoms with van der Waals surface area (Å²) in [4.78, 5) is 3.91. The zero-order valence-electron chi connectivity index (χ0n) is 12.0. The molecule has 0 radical (unpaired) electrons. The maximum atomic E-state index is 3.60. The molecule has 1 heterocycles. The van der Waals surface area contributed by atoms with Crippen molar-refractivity contribution in [3.05, 3.63) is 20.8 Å². The monoisotopic (exact) mass is 332 g/mol. The number of thiophene rings is 1. The van der Waals surface area contributed by atoms with Crippen LogP contribution in [0.15, 0.2) is 15.9 Å². The first-order valence-corrected chi connectivity index (χ1v) is 8.32. The van der Waals surface area contributed by atoms with Crippen LogP contribution in [0.5, 0.6) is 0 Å². The van der Waals surface area contributed by atoms with E-state index in [-0.39, 0.29) is 0 Å². The Morgan fingerprint density at radius 2 is 1.83 bits per heavy atom. The van der Waals surface area contributed by atoms with E-state index in [9.17, 15) is 0 Å². The Bertz CT molecular complexity index is 341.